The predicted octanol–water partition coefficient (Wildman–Crippen LogP) is 4.71. The molecule has 148 valence electrons. The van der Waals surface area contributed by atoms with Crippen LogP contribution in [0.1, 0.15) is 38.2 Å². The lowest BCUT2D eigenvalue weighted by atomic mass is 9.96. The maximum absolute atomic E-state index is 5.45. The third-order valence-electron chi connectivity index (χ3n) is 4.68. The minimum Gasteiger partial charge on any atom is -0.381 e. The van der Waals surface area contributed by atoms with Crippen LogP contribution in [0.5, 0.6) is 0 Å². The van der Waals surface area contributed by atoms with Gasteiger partial charge in [0.2, 0.25) is 0 Å². The molecule has 0 unspecified atom stereocenters. The summed E-state index contributed by atoms with van der Waals surface area (Å²) in [7, 11) is 2.15. The average Bonchev–Trinajstić information content (AvgIpc) is 2.63. The fourth-order valence-electron chi connectivity index (χ4n) is 3.15. The van der Waals surface area contributed by atoms with Crippen molar-refractivity contribution in [3.63, 3.8) is 0 Å². The molecule has 1 aliphatic heterocycles. The summed E-state index contributed by atoms with van der Waals surface area (Å²) >= 11 is 3.53. The summed E-state index contributed by atoms with van der Waals surface area (Å²) in [6, 6.07) is 8.53. The van der Waals surface area contributed by atoms with Gasteiger partial charge in [0.1, 0.15) is 0 Å². The molecule has 1 aliphatic rings. The molecule has 1 N–H and O–H groups in total. The molecule has 1 heterocycles. The fourth-order valence-corrected chi connectivity index (χ4v) is 3.59. The lowest BCUT2D eigenvalue weighted by Crippen LogP contribution is -2.40. The molecule has 1 aromatic carbocycles. The summed E-state index contributed by atoms with van der Waals surface area (Å²) in [5.41, 5.74) is 1.36. The summed E-state index contributed by atoms with van der Waals surface area (Å²) in [6.07, 6.45) is 5.76. The molecule has 0 radical (unpaired) electrons. The second-order valence-electron chi connectivity index (χ2n) is 6.74. The highest BCUT2D eigenvalue weighted by Gasteiger charge is 2.15. The summed E-state index contributed by atoms with van der Waals surface area (Å²) in [6.45, 7) is 6.81. The second-order valence-corrected chi connectivity index (χ2v) is 7.65. The third-order valence-corrected chi connectivity index (χ3v) is 5.18. The van der Waals surface area contributed by atoms with Crippen molar-refractivity contribution >= 4 is 45.9 Å². The molecule has 1 saturated heterocycles. The van der Waals surface area contributed by atoms with Crippen LogP contribution in [0.15, 0.2) is 33.7 Å². The normalized spacial score (nSPS) is 15.4. The van der Waals surface area contributed by atoms with Gasteiger partial charge in [0.25, 0.3) is 0 Å². The Morgan fingerprint density at radius 2 is 2.12 bits per heavy atom. The highest BCUT2D eigenvalue weighted by molar-refractivity contribution is 14.0. The SMILES string of the molecule is CCNC(=NCCCc1cccc(Br)c1)N(C)CCC1CCOCC1.I. The van der Waals surface area contributed by atoms with Crippen LogP contribution in [0, 0.1) is 5.92 Å². The van der Waals surface area contributed by atoms with Crippen LogP contribution in [0.25, 0.3) is 0 Å². The molecule has 26 heavy (non-hydrogen) atoms. The van der Waals surface area contributed by atoms with Crippen molar-refractivity contribution in [1.82, 2.24) is 10.2 Å². The van der Waals surface area contributed by atoms with Gasteiger partial charge < -0.3 is 15.0 Å². The zero-order chi connectivity index (χ0) is 17.9. The zero-order valence-electron chi connectivity index (χ0n) is 16.0. The number of nitrogens with one attached hydrogen (secondary N) is 1. The molecule has 0 saturated carbocycles. The van der Waals surface area contributed by atoms with E-state index >= 15 is 0 Å². The van der Waals surface area contributed by atoms with Crippen molar-refractivity contribution in [1.29, 1.82) is 0 Å². The van der Waals surface area contributed by atoms with E-state index in [9.17, 15) is 0 Å². The lowest BCUT2D eigenvalue weighted by Gasteiger charge is -2.26. The number of nitrogens with zero attached hydrogens (tertiary/aromatic N) is 2. The summed E-state index contributed by atoms with van der Waals surface area (Å²) in [5, 5.41) is 3.42. The Bertz CT molecular complexity index is 536. The topological polar surface area (TPSA) is 36.9 Å². The summed E-state index contributed by atoms with van der Waals surface area (Å²) in [5.74, 6) is 1.83. The number of hydrogen-bond acceptors (Lipinski definition) is 2. The number of aryl methyl sites for hydroxylation is 1. The Labute approximate surface area is 184 Å². The Hall–Kier alpha value is -0.340. The van der Waals surface area contributed by atoms with E-state index in [2.05, 4.69) is 64.4 Å². The molecule has 0 aliphatic carbocycles. The quantitative estimate of drug-likeness (QED) is 0.226. The van der Waals surface area contributed by atoms with Gasteiger partial charge in [-0.1, -0.05) is 28.1 Å². The van der Waals surface area contributed by atoms with Crippen LogP contribution in [0.2, 0.25) is 0 Å². The van der Waals surface area contributed by atoms with Gasteiger partial charge in [-0.2, -0.15) is 0 Å². The van der Waals surface area contributed by atoms with Crippen LogP contribution >= 0.6 is 39.9 Å². The molecular weight excluding hydrogens is 505 g/mol. The van der Waals surface area contributed by atoms with E-state index in [4.69, 9.17) is 9.73 Å². The van der Waals surface area contributed by atoms with Gasteiger partial charge in [-0.05, 0) is 62.6 Å². The van der Waals surface area contributed by atoms with Gasteiger partial charge in [-0.15, -0.1) is 24.0 Å². The van der Waals surface area contributed by atoms with E-state index < -0.39 is 0 Å². The monoisotopic (exact) mass is 537 g/mol. The maximum atomic E-state index is 5.45. The van der Waals surface area contributed by atoms with Crippen molar-refractivity contribution in [3.05, 3.63) is 34.3 Å². The van der Waals surface area contributed by atoms with Gasteiger partial charge in [0, 0.05) is 44.4 Å². The number of halogens is 2. The summed E-state index contributed by atoms with van der Waals surface area (Å²) < 4.78 is 6.60. The van der Waals surface area contributed by atoms with Crippen molar-refractivity contribution < 1.29 is 4.74 Å². The number of rotatable bonds is 8. The van der Waals surface area contributed by atoms with Crippen LogP contribution in [-0.4, -0.2) is 50.8 Å². The molecule has 4 nitrogen and oxygen atoms in total. The number of aliphatic imine (C=N–C) groups is 1. The van der Waals surface area contributed by atoms with E-state index in [1.807, 2.05) is 0 Å². The molecule has 1 aromatic rings. The molecule has 2 rings (SSSR count). The van der Waals surface area contributed by atoms with Crippen LogP contribution < -0.4 is 5.32 Å². The number of benzene rings is 1. The van der Waals surface area contributed by atoms with Crippen molar-refractivity contribution in [3.8, 4) is 0 Å². The van der Waals surface area contributed by atoms with Crippen LogP contribution in [0.4, 0.5) is 0 Å². The minimum absolute atomic E-state index is 0. The molecule has 0 bridgehead atoms. The lowest BCUT2D eigenvalue weighted by molar-refractivity contribution is 0.0625. The van der Waals surface area contributed by atoms with Gasteiger partial charge in [0.15, 0.2) is 5.96 Å². The Balaban J connectivity index is 0.00000338. The van der Waals surface area contributed by atoms with Gasteiger partial charge >= 0.3 is 0 Å². The first-order valence-corrected chi connectivity index (χ1v) is 10.3. The largest absolute Gasteiger partial charge is 0.381 e. The van der Waals surface area contributed by atoms with E-state index in [0.717, 1.165) is 62.0 Å². The number of guanidine groups is 1. The van der Waals surface area contributed by atoms with Gasteiger partial charge in [-0.3, -0.25) is 4.99 Å². The standard InChI is InChI=1S/C20H32BrN3O.HI/c1-3-22-20(24(2)13-9-17-10-14-25-15-11-17)23-12-5-7-18-6-4-8-19(21)16-18;/h4,6,8,16-17H,3,5,7,9-15H2,1-2H3,(H,22,23);1H. The van der Waals surface area contributed by atoms with E-state index in [1.54, 1.807) is 0 Å². The number of hydrogen-bond donors (Lipinski definition) is 1. The molecule has 0 aromatic heterocycles. The first-order valence-electron chi connectivity index (χ1n) is 9.50. The van der Waals surface area contributed by atoms with Gasteiger partial charge in [0.05, 0.1) is 0 Å². The van der Waals surface area contributed by atoms with E-state index in [0.29, 0.717) is 0 Å². The Kier molecular flexibility index (Phi) is 12.6. The van der Waals surface area contributed by atoms with Crippen LogP contribution in [-0.2, 0) is 11.2 Å². The molecule has 0 atom stereocenters. The number of ether oxygens (including phenoxy) is 1. The second kappa shape index (κ2) is 13.8. The smallest absolute Gasteiger partial charge is 0.193 e. The first-order chi connectivity index (χ1) is 12.2. The summed E-state index contributed by atoms with van der Waals surface area (Å²) in [4.78, 5) is 7.09. The fraction of sp³-hybridized carbons (Fsp3) is 0.650. The predicted molar refractivity (Wildman–Crippen MR) is 125 cm³/mol. The minimum atomic E-state index is 0. The average molecular weight is 538 g/mol. The van der Waals surface area contributed by atoms with Crippen molar-refractivity contribution in [2.45, 2.75) is 39.0 Å². The third kappa shape index (κ3) is 9.04. The molecule has 1 fully saturated rings. The molecule has 0 spiro atoms. The van der Waals surface area contributed by atoms with Crippen molar-refractivity contribution in [2.24, 2.45) is 10.9 Å². The Morgan fingerprint density at radius 1 is 1.35 bits per heavy atom. The maximum Gasteiger partial charge on any atom is 0.193 e. The highest BCUT2D eigenvalue weighted by atomic mass is 127. The van der Waals surface area contributed by atoms with Gasteiger partial charge in [-0.25, -0.2) is 0 Å². The Morgan fingerprint density at radius 3 is 2.81 bits per heavy atom. The molecular formula is C20H33BrIN3O. The zero-order valence-corrected chi connectivity index (χ0v) is 20.0. The van der Waals surface area contributed by atoms with Crippen LogP contribution in [0.3, 0.4) is 0 Å². The molecule has 6 heteroatoms. The van der Waals surface area contributed by atoms with E-state index in [-0.39, 0.29) is 24.0 Å². The first kappa shape index (κ1) is 23.7. The molecule has 0 amide bonds. The van der Waals surface area contributed by atoms with Crippen molar-refractivity contribution in [2.75, 3.05) is 39.9 Å². The highest BCUT2D eigenvalue weighted by Crippen LogP contribution is 2.18. The van der Waals surface area contributed by atoms with E-state index in [1.165, 1.54) is 24.8 Å².